The number of anilines is 1. The number of carbonyl (C=O) groups excluding carboxylic acids is 3. The van der Waals surface area contributed by atoms with Crippen LogP contribution >= 0.6 is 15.9 Å². The Hall–Kier alpha value is -4.51. The molecule has 0 aliphatic carbocycles. The zero-order chi connectivity index (χ0) is 27.4. The Balaban J connectivity index is 1.66. The van der Waals surface area contributed by atoms with Crippen LogP contribution in [0.4, 0.5) is 14.9 Å². The maximum absolute atomic E-state index is 14.0. The quantitative estimate of drug-likeness (QED) is 0.285. The number of barbiturate groups is 1. The van der Waals surface area contributed by atoms with Crippen LogP contribution in [-0.4, -0.2) is 35.5 Å². The Morgan fingerprint density at radius 3 is 2.45 bits per heavy atom. The number of urea groups is 1. The number of nitrogens with one attached hydrogen (secondary N) is 1. The highest BCUT2D eigenvalue weighted by Crippen LogP contribution is 2.38. The van der Waals surface area contributed by atoms with Crippen molar-refractivity contribution >= 4 is 51.5 Å². The monoisotopic (exact) mass is 582 g/mol. The summed E-state index contributed by atoms with van der Waals surface area (Å²) in [7, 11) is 0. The molecule has 2 N–H and O–H groups in total. The fourth-order valence-corrected chi connectivity index (χ4v) is 4.23. The summed E-state index contributed by atoms with van der Waals surface area (Å²) in [6.45, 7) is 1.97. The third-order valence-electron chi connectivity index (χ3n) is 5.45. The molecule has 11 heteroatoms. The van der Waals surface area contributed by atoms with Crippen LogP contribution in [0.5, 0.6) is 11.5 Å². The second-order valence-corrected chi connectivity index (χ2v) is 8.81. The van der Waals surface area contributed by atoms with Crippen molar-refractivity contribution < 1.29 is 38.1 Å². The van der Waals surface area contributed by atoms with Gasteiger partial charge in [-0.15, -0.1) is 0 Å². The molecule has 0 bridgehead atoms. The highest BCUT2D eigenvalue weighted by molar-refractivity contribution is 9.10. The van der Waals surface area contributed by atoms with Crippen LogP contribution in [0.3, 0.4) is 0 Å². The van der Waals surface area contributed by atoms with Crippen molar-refractivity contribution in [1.82, 2.24) is 5.32 Å². The first-order valence-electron chi connectivity index (χ1n) is 11.3. The first-order valence-corrected chi connectivity index (χ1v) is 12.1. The maximum Gasteiger partial charge on any atom is 0.335 e. The molecule has 3 aromatic carbocycles. The number of aromatic carboxylic acids is 1. The summed E-state index contributed by atoms with van der Waals surface area (Å²) in [4.78, 5) is 50.0. The van der Waals surface area contributed by atoms with E-state index in [0.29, 0.717) is 21.3 Å². The first kappa shape index (κ1) is 26.6. The average Bonchev–Trinajstić information content (AvgIpc) is 2.87. The molecule has 0 spiro atoms. The number of carboxylic acid groups (broad SMARTS) is 1. The van der Waals surface area contributed by atoms with Gasteiger partial charge in [-0.25, -0.2) is 18.9 Å². The molecule has 194 valence electrons. The van der Waals surface area contributed by atoms with Crippen LogP contribution in [-0.2, 0) is 16.2 Å². The third-order valence-corrected chi connectivity index (χ3v) is 6.04. The fraction of sp³-hybridized carbons (Fsp3) is 0.111. The Kier molecular flexibility index (Phi) is 7.87. The highest BCUT2D eigenvalue weighted by atomic mass is 79.9. The Labute approximate surface area is 224 Å². The van der Waals surface area contributed by atoms with E-state index in [-0.39, 0.29) is 35.8 Å². The van der Waals surface area contributed by atoms with Crippen molar-refractivity contribution in [2.24, 2.45) is 0 Å². The van der Waals surface area contributed by atoms with Crippen molar-refractivity contribution in [1.29, 1.82) is 0 Å². The zero-order valence-corrected chi connectivity index (χ0v) is 21.5. The second-order valence-electron chi connectivity index (χ2n) is 7.95. The van der Waals surface area contributed by atoms with Gasteiger partial charge in [-0.2, -0.15) is 0 Å². The second kappa shape index (κ2) is 11.3. The minimum Gasteiger partial charge on any atom is -0.490 e. The van der Waals surface area contributed by atoms with Gasteiger partial charge in [0.25, 0.3) is 11.8 Å². The van der Waals surface area contributed by atoms with Crippen molar-refractivity contribution in [2.75, 3.05) is 11.5 Å². The van der Waals surface area contributed by atoms with E-state index < -0.39 is 29.6 Å². The first-order chi connectivity index (χ1) is 18.2. The molecule has 1 aliphatic heterocycles. The van der Waals surface area contributed by atoms with E-state index in [9.17, 15) is 23.6 Å². The summed E-state index contributed by atoms with van der Waals surface area (Å²) in [6.07, 6.45) is 1.29. The number of ether oxygens (including phenoxy) is 2. The number of rotatable bonds is 8. The van der Waals surface area contributed by atoms with Gasteiger partial charge in [-0.05, 0) is 77.0 Å². The van der Waals surface area contributed by atoms with Crippen LogP contribution < -0.4 is 19.7 Å². The van der Waals surface area contributed by atoms with Gasteiger partial charge in [0, 0.05) is 5.56 Å². The summed E-state index contributed by atoms with van der Waals surface area (Å²) in [5.41, 5.74) is 0.451. The molecule has 38 heavy (non-hydrogen) atoms. The molecule has 0 aromatic heterocycles. The SMILES string of the molecule is CCOc1cc(/C=C2\C(=O)NC(=O)N(c3ccc(C(=O)O)cc3)C2=O)cc(Br)c1OCc1ccccc1F. The van der Waals surface area contributed by atoms with Crippen LogP contribution in [0, 0.1) is 5.82 Å². The van der Waals surface area contributed by atoms with Gasteiger partial charge in [0.1, 0.15) is 18.0 Å². The van der Waals surface area contributed by atoms with E-state index in [2.05, 4.69) is 21.2 Å². The summed E-state index contributed by atoms with van der Waals surface area (Å²) in [5.74, 6) is -2.79. The number of nitrogens with zero attached hydrogens (tertiary/aromatic N) is 1. The molecule has 1 aliphatic rings. The molecule has 0 unspecified atom stereocenters. The Morgan fingerprint density at radius 2 is 1.79 bits per heavy atom. The number of amides is 4. The van der Waals surface area contributed by atoms with Gasteiger partial charge in [-0.1, -0.05) is 18.2 Å². The summed E-state index contributed by atoms with van der Waals surface area (Å²) >= 11 is 3.41. The van der Waals surface area contributed by atoms with E-state index in [1.165, 1.54) is 36.4 Å². The van der Waals surface area contributed by atoms with E-state index in [4.69, 9.17) is 14.6 Å². The topological polar surface area (TPSA) is 122 Å². The lowest BCUT2D eigenvalue weighted by Gasteiger charge is -2.26. The lowest BCUT2D eigenvalue weighted by molar-refractivity contribution is -0.122. The van der Waals surface area contributed by atoms with E-state index in [0.717, 1.165) is 4.90 Å². The van der Waals surface area contributed by atoms with Gasteiger partial charge >= 0.3 is 12.0 Å². The maximum atomic E-state index is 14.0. The predicted octanol–water partition coefficient (Wildman–Crippen LogP) is 4.93. The van der Waals surface area contributed by atoms with Crippen molar-refractivity contribution in [3.05, 3.63) is 93.2 Å². The number of halogens is 2. The van der Waals surface area contributed by atoms with Gasteiger partial charge < -0.3 is 14.6 Å². The molecule has 0 saturated carbocycles. The molecule has 1 heterocycles. The highest BCUT2D eigenvalue weighted by Gasteiger charge is 2.37. The third kappa shape index (κ3) is 5.57. The summed E-state index contributed by atoms with van der Waals surface area (Å²) in [5, 5.41) is 11.2. The lowest BCUT2D eigenvalue weighted by Crippen LogP contribution is -2.54. The smallest absolute Gasteiger partial charge is 0.335 e. The standard InChI is InChI=1S/C27H20BrFN2O7/c1-2-37-22-13-15(12-20(28)23(22)38-14-17-5-3-4-6-21(17)29)11-19-24(32)30-27(36)31(25(19)33)18-9-7-16(8-10-18)26(34)35/h3-13H,2,14H2,1H3,(H,34,35)(H,30,32,36)/b19-11+. The molecule has 3 aromatic rings. The number of imide groups is 2. The number of hydrogen-bond acceptors (Lipinski definition) is 6. The van der Waals surface area contributed by atoms with Crippen LogP contribution in [0.1, 0.15) is 28.4 Å². The van der Waals surface area contributed by atoms with E-state index >= 15 is 0 Å². The lowest BCUT2D eigenvalue weighted by atomic mass is 10.1. The number of benzene rings is 3. The molecule has 1 fully saturated rings. The number of carbonyl (C=O) groups is 4. The minimum absolute atomic E-state index is 0.0314. The summed E-state index contributed by atoms with van der Waals surface area (Å²) in [6, 6.07) is 13.4. The molecule has 9 nitrogen and oxygen atoms in total. The molecule has 1 saturated heterocycles. The van der Waals surface area contributed by atoms with Crippen LogP contribution in [0.2, 0.25) is 0 Å². The fourth-order valence-electron chi connectivity index (χ4n) is 3.65. The Bertz CT molecular complexity index is 1470. The van der Waals surface area contributed by atoms with Crippen molar-refractivity contribution in [2.45, 2.75) is 13.5 Å². The van der Waals surface area contributed by atoms with Gasteiger partial charge in [0.05, 0.1) is 22.3 Å². The predicted molar refractivity (Wildman–Crippen MR) is 138 cm³/mol. The minimum atomic E-state index is -1.17. The molecule has 0 radical (unpaired) electrons. The molecular formula is C27H20BrFN2O7. The van der Waals surface area contributed by atoms with Gasteiger partial charge in [0.15, 0.2) is 11.5 Å². The Morgan fingerprint density at radius 1 is 1.08 bits per heavy atom. The molecule has 4 amide bonds. The van der Waals surface area contributed by atoms with Crippen molar-refractivity contribution in [3.8, 4) is 11.5 Å². The largest absolute Gasteiger partial charge is 0.490 e. The normalized spacial score (nSPS) is 14.4. The van der Waals surface area contributed by atoms with Crippen LogP contribution in [0.15, 0.2) is 70.7 Å². The van der Waals surface area contributed by atoms with Crippen LogP contribution in [0.25, 0.3) is 6.08 Å². The van der Waals surface area contributed by atoms with E-state index in [1.807, 2.05) is 0 Å². The van der Waals surface area contributed by atoms with Gasteiger partial charge in [0.2, 0.25) is 0 Å². The molecular weight excluding hydrogens is 563 g/mol. The number of hydrogen-bond donors (Lipinski definition) is 2. The van der Waals surface area contributed by atoms with Crippen molar-refractivity contribution in [3.63, 3.8) is 0 Å². The zero-order valence-electron chi connectivity index (χ0n) is 19.9. The molecule has 0 atom stereocenters. The molecule has 4 rings (SSSR count). The van der Waals surface area contributed by atoms with E-state index in [1.54, 1.807) is 37.3 Å². The number of carboxylic acids is 1. The average molecular weight is 583 g/mol. The van der Waals surface area contributed by atoms with Gasteiger partial charge in [-0.3, -0.25) is 14.9 Å². The summed E-state index contributed by atoms with van der Waals surface area (Å²) < 4.78 is 25.9.